The van der Waals surface area contributed by atoms with Crippen LogP contribution in [-0.4, -0.2) is 16.7 Å². The van der Waals surface area contributed by atoms with Crippen LogP contribution in [0.5, 0.6) is 0 Å². The molecule has 2 heteroatoms. The van der Waals surface area contributed by atoms with E-state index in [0.717, 1.165) is 19.3 Å². The molecule has 0 bridgehead atoms. The lowest BCUT2D eigenvalue weighted by Crippen LogP contribution is -1.88. The fraction of sp³-hybridized carbons (Fsp3) is 0.583. The number of rotatable bonds is 7. The van der Waals surface area contributed by atoms with Crippen molar-refractivity contribution in [3.8, 4) is 0 Å². The summed E-state index contributed by atoms with van der Waals surface area (Å²) in [6, 6.07) is 4.11. The third-order valence-electron chi connectivity index (χ3n) is 2.35. The number of aliphatic hydroxyl groups is 1. The molecule has 1 heterocycles. The van der Waals surface area contributed by atoms with Crippen LogP contribution in [0.3, 0.4) is 0 Å². The molecule has 0 aliphatic heterocycles. The molecule has 0 aromatic carbocycles. The topological polar surface area (TPSA) is 33.1 Å². The molecule has 0 saturated heterocycles. The molecule has 0 spiro atoms. The van der Waals surface area contributed by atoms with Crippen LogP contribution >= 0.6 is 0 Å². The second-order valence-corrected chi connectivity index (χ2v) is 3.60. The predicted molar refractivity (Wildman–Crippen MR) is 58.1 cm³/mol. The van der Waals surface area contributed by atoms with Crippen LogP contribution in [0.2, 0.25) is 0 Å². The summed E-state index contributed by atoms with van der Waals surface area (Å²) >= 11 is 0. The van der Waals surface area contributed by atoms with Crippen molar-refractivity contribution >= 4 is 0 Å². The fourth-order valence-corrected chi connectivity index (χ4v) is 1.52. The Morgan fingerprint density at radius 3 is 2.57 bits per heavy atom. The molecule has 0 atom stereocenters. The molecule has 0 fully saturated rings. The number of pyridine rings is 1. The van der Waals surface area contributed by atoms with E-state index in [1.807, 2.05) is 18.5 Å². The molecule has 0 aliphatic carbocycles. The first-order valence-corrected chi connectivity index (χ1v) is 5.43. The van der Waals surface area contributed by atoms with E-state index in [-0.39, 0.29) is 0 Å². The van der Waals surface area contributed by atoms with Crippen molar-refractivity contribution in [3.05, 3.63) is 30.1 Å². The van der Waals surface area contributed by atoms with Crippen LogP contribution < -0.4 is 0 Å². The van der Waals surface area contributed by atoms with Crippen molar-refractivity contribution in [1.82, 2.24) is 4.98 Å². The van der Waals surface area contributed by atoms with E-state index in [0.29, 0.717) is 6.61 Å². The Bertz CT molecular complexity index is 223. The molecular weight excluding hydrogens is 174 g/mol. The van der Waals surface area contributed by atoms with Crippen molar-refractivity contribution in [1.29, 1.82) is 0 Å². The summed E-state index contributed by atoms with van der Waals surface area (Å²) in [5.41, 5.74) is 1.33. The van der Waals surface area contributed by atoms with Crippen molar-refractivity contribution in [2.75, 3.05) is 6.61 Å². The third kappa shape index (κ3) is 4.97. The first-order chi connectivity index (χ1) is 6.93. The van der Waals surface area contributed by atoms with E-state index in [4.69, 9.17) is 5.11 Å². The van der Waals surface area contributed by atoms with Crippen LogP contribution in [0.25, 0.3) is 0 Å². The highest BCUT2D eigenvalue weighted by molar-refractivity contribution is 5.08. The van der Waals surface area contributed by atoms with Crippen molar-refractivity contribution in [2.24, 2.45) is 0 Å². The maximum absolute atomic E-state index is 8.59. The van der Waals surface area contributed by atoms with Gasteiger partial charge in [-0.25, -0.2) is 0 Å². The average Bonchev–Trinajstić information content (AvgIpc) is 2.25. The van der Waals surface area contributed by atoms with E-state index in [2.05, 4.69) is 11.1 Å². The van der Waals surface area contributed by atoms with Gasteiger partial charge in [0, 0.05) is 19.0 Å². The van der Waals surface area contributed by atoms with Gasteiger partial charge in [0.05, 0.1) is 0 Å². The number of aryl methyl sites for hydroxylation is 1. The molecule has 1 N–H and O–H groups in total. The van der Waals surface area contributed by atoms with Gasteiger partial charge in [-0.2, -0.15) is 0 Å². The predicted octanol–water partition coefficient (Wildman–Crippen LogP) is 2.57. The molecule has 0 aliphatic rings. The number of unbranched alkanes of at least 4 members (excludes halogenated alkanes) is 4. The van der Waals surface area contributed by atoms with Crippen LogP contribution in [0, 0.1) is 0 Å². The van der Waals surface area contributed by atoms with Gasteiger partial charge in [-0.1, -0.05) is 25.3 Å². The van der Waals surface area contributed by atoms with Gasteiger partial charge in [0.1, 0.15) is 0 Å². The fourth-order valence-electron chi connectivity index (χ4n) is 1.52. The summed E-state index contributed by atoms with van der Waals surface area (Å²) in [6.45, 7) is 0.336. The van der Waals surface area contributed by atoms with Crippen molar-refractivity contribution in [3.63, 3.8) is 0 Å². The third-order valence-corrected chi connectivity index (χ3v) is 2.35. The zero-order valence-electron chi connectivity index (χ0n) is 8.65. The highest BCUT2D eigenvalue weighted by Gasteiger charge is 1.93. The van der Waals surface area contributed by atoms with Crippen molar-refractivity contribution in [2.45, 2.75) is 38.5 Å². The van der Waals surface area contributed by atoms with Crippen molar-refractivity contribution < 1.29 is 5.11 Å². The van der Waals surface area contributed by atoms with E-state index >= 15 is 0 Å². The lowest BCUT2D eigenvalue weighted by molar-refractivity contribution is 0.282. The molecule has 2 nitrogen and oxygen atoms in total. The van der Waals surface area contributed by atoms with Gasteiger partial charge >= 0.3 is 0 Å². The minimum absolute atomic E-state index is 0.336. The zero-order valence-corrected chi connectivity index (χ0v) is 8.65. The quantitative estimate of drug-likeness (QED) is 0.675. The number of aliphatic hydroxyl groups excluding tert-OH is 1. The van der Waals surface area contributed by atoms with Gasteiger partial charge in [-0.15, -0.1) is 0 Å². The van der Waals surface area contributed by atoms with Crippen LogP contribution in [0.4, 0.5) is 0 Å². The lowest BCUT2D eigenvalue weighted by atomic mass is 10.1. The zero-order chi connectivity index (χ0) is 10.1. The summed E-state index contributed by atoms with van der Waals surface area (Å²) < 4.78 is 0. The van der Waals surface area contributed by atoms with Gasteiger partial charge in [0.15, 0.2) is 0 Å². The maximum atomic E-state index is 8.59. The summed E-state index contributed by atoms with van der Waals surface area (Å²) in [7, 11) is 0. The Kier molecular flexibility index (Phi) is 6.00. The minimum Gasteiger partial charge on any atom is -0.396 e. The van der Waals surface area contributed by atoms with E-state index in [1.165, 1.54) is 24.8 Å². The Labute approximate surface area is 86.0 Å². The van der Waals surface area contributed by atoms with E-state index in [9.17, 15) is 0 Å². The minimum atomic E-state index is 0.336. The number of aromatic nitrogens is 1. The second-order valence-electron chi connectivity index (χ2n) is 3.60. The molecule has 1 aromatic rings. The summed E-state index contributed by atoms with van der Waals surface area (Å²) in [5.74, 6) is 0. The molecule has 0 unspecified atom stereocenters. The molecule has 0 amide bonds. The van der Waals surface area contributed by atoms with Crippen LogP contribution in [-0.2, 0) is 6.42 Å². The summed E-state index contributed by atoms with van der Waals surface area (Å²) in [6.07, 6.45) is 10.7. The molecule has 1 aromatic heterocycles. The Balaban J connectivity index is 1.99. The second kappa shape index (κ2) is 7.51. The van der Waals surface area contributed by atoms with Gasteiger partial charge in [0.25, 0.3) is 0 Å². The highest BCUT2D eigenvalue weighted by Crippen LogP contribution is 2.07. The standard InChI is InChI=1S/C12H19NO/c14-10-5-3-1-2-4-7-12-8-6-9-13-11-12/h6,8-9,11,14H,1-5,7,10H2. The number of nitrogens with zero attached hydrogens (tertiary/aromatic N) is 1. The molecule has 14 heavy (non-hydrogen) atoms. The van der Waals surface area contributed by atoms with E-state index in [1.54, 1.807) is 0 Å². The van der Waals surface area contributed by atoms with Gasteiger partial charge in [0.2, 0.25) is 0 Å². The lowest BCUT2D eigenvalue weighted by Gasteiger charge is -2.00. The monoisotopic (exact) mass is 193 g/mol. The first kappa shape index (κ1) is 11.2. The molecule has 0 radical (unpaired) electrons. The largest absolute Gasteiger partial charge is 0.396 e. The molecular formula is C12H19NO. The highest BCUT2D eigenvalue weighted by atomic mass is 16.2. The smallest absolute Gasteiger partial charge is 0.0431 e. The average molecular weight is 193 g/mol. The Hall–Kier alpha value is -0.890. The summed E-state index contributed by atoms with van der Waals surface area (Å²) in [5, 5.41) is 8.59. The van der Waals surface area contributed by atoms with E-state index < -0.39 is 0 Å². The van der Waals surface area contributed by atoms with Gasteiger partial charge in [-0.3, -0.25) is 4.98 Å². The first-order valence-electron chi connectivity index (χ1n) is 5.43. The SMILES string of the molecule is OCCCCCCCc1cccnc1. The number of hydrogen-bond acceptors (Lipinski definition) is 2. The summed E-state index contributed by atoms with van der Waals surface area (Å²) in [4.78, 5) is 4.08. The maximum Gasteiger partial charge on any atom is 0.0431 e. The van der Waals surface area contributed by atoms with Crippen LogP contribution in [0.1, 0.15) is 37.7 Å². The Morgan fingerprint density at radius 2 is 1.86 bits per heavy atom. The van der Waals surface area contributed by atoms with Gasteiger partial charge < -0.3 is 5.11 Å². The molecule has 78 valence electrons. The normalized spacial score (nSPS) is 10.4. The van der Waals surface area contributed by atoms with Crippen LogP contribution in [0.15, 0.2) is 24.5 Å². The molecule has 0 saturated carbocycles. The Morgan fingerprint density at radius 1 is 1.07 bits per heavy atom. The molecule has 1 rings (SSSR count). The van der Waals surface area contributed by atoms with Gasteiger partial charge in [-0.05, 0) is 30.9 Å². The number of hydrogen-bond donors (Lipinski definition) is 1.